The Hall–Kier alpha value is 0.279. The molecule has 0 radical (unpaired) electrons. The van der Waals surface area contributed by atoms with Crippen LogP contribution < -0.4 is 0 Å². The first kappa shape index (κ1) is 7.90. The normalized spacial score (nSPS) is 24.7. The van der Waals surface area contributed by atoms with Crippen molar-refractivity contribution in [2.24, 2.45) is 0 Å². The van der Waals surface area contributed by atoms with Gasteiger partial charge in [-0.1, -0.05) is 0 Å². The van der Waals surface area contributed by atoms with Gasteiger partial charge in [-0.15, -0.1) is 0 Å². The monoisotopic (exact) mass is 254 g/mol. The quantitative estimate of drug-likeness (QED) is 0.524. The van der Waals surface area contributed by atoms with E-state index in [0.29, 0.717) is 0 Å². The van der Waals surface area contributed by atoms with Crippen molar-refractivity contribution in [3.63, 3.8) is 0 Å². The summed E-state index contributed by atoms with van der Waals surface area (Å²) in [7, 11) is 0. The third kappa shape index (κ3) is 2.11. The SMILES string of the molecule is C1=CC[CH]([Sn+2][CH]2CC=CC2)C1. The first-order valence-electron chi connectivity index (χ1n) is 4.51. The molecule has 0 saturated heterocycles. The maximum atomic E-state index is 2.38. The second-order valence-corrected chi connectivity index (χ2v) is 9.06. The van der Waals surface area contributed by atoms with Gasteiger partial charge < -0.3 is 0 Å². The molecule has 11 heavy (non-hydrogen) atoms. The van der Waals surface area contributed by atoms with Gasteiger partial charge in [0.25, 0.3) is 0 Å². The zero-order valence-electron chi connectivity index (χ0n) is 6.79. The summed E-state index contributed by atoms with van der Waals surface area (Å²) >= 11 is -0.0339. The van der Waals surface area contributed by atoms with Crippen LogP contribution in [0.4, 0.5) is 0 Å². The van der Waals surface area contributed by atoms with E-state index in [9.17, 15) is 0 Å². The summed E-state index contributed by atoms with van der Waals surface area (Å²) in [5.74, 6) is 0. The van der Waals surface area contributed by atoms with E-state index < -0.39 is 0 Å². The summed E-state index contributed by atoms with van der Waals surface area (Å²) < 4.78 is 2.31. The van der Waals surface area contributed by atoms with Crippen LogP contribution in [0.2, 0.25) is 7.87 Å². The molecule has 0 aromatic rings. The van der Waals surface area contributed by atoms with Crippen LogP contribution in [0.1, 0.15) is 25.7 Å². The Morgan fingerprint density at radius 1 is 0.727 bits per heavy atom. The van der Waals surface area contributed by atoms with Gasteiger partial charge in [-0.05, 0) is 0 Å². The standard InChI is InChI=1S/2C5H7.Sn/c2*1-2-4-5-3-1;/h2*1-2,5H,3-4H2;/q;;+2. The average Bonchev–Trinajstić information content (AvgIpc) is 2.60. The summed E-state index contributed by atoms with van der Waals surface area (Å²) in [5, 5.41) is 0. The van der Waals surface area contributed by atoms with Gasteiger partial charge in [-0.2, -0.15) is 0 Å². The number of hydrogen-bond acceptors (Lipinski definition) is 0. The molecule has 0 atom stereocenters. The summed E-state index contributed by atoms with van der Waals surface area (Å²) in [5.41, 5.74) is 0. The van der Waals surface area contributed by atoms with Crippen LogP contribution in [0.3, 0.4) is 0 Å². The van der Waals surface area contributed by atoms with Crippen LogP contribution in [0, 0.1) is 0 Å². The summed E-state index contributed by atoms with van der Waals surface area (Å²) in [6.07, 6.45) is 15.2. The van der Waals surface area contributed by atoms with Crippen molar-refractivity contribution in [2.45, 2.75) is 33.6 Å². The minimum absolute atomic E-state index is 0.0339. The summed E-state index contributed by atoms with van der Waals surface area (Å²) in [4.78, 5) is 0. The molecule has 0 nitrogen and oxygen atoms in total. The topological polar surface area (TPSA) is 0 Å². The molecule has 0 amide bonds. The fraction of sp³-hybridized carbons (Fsp3) is 0.600. The molecule has 0 aromatic heterocycles. The molecule has 0 unspecified atom stereocenters. The van der Waals surface area contributed by atoms with Crippen LogP contribution in [0.15, 0.2) is 24.3 Å². The van der Waals surface area contributed by atoms with Crippen molar-refractivity contribution in [1.82, 2.24) is 0 Å². The van der Waals surface area contributed by atoms with Gasteiger partial charge in [0.05, 0.1) is 0 Å². The number of rotatable bonds is 2. The van der Waals surface area contributed by atoms with Crippen molar-refractivity contribution in [1.29, 1.82) is 0 Å². The van der Waals surface area contributed by atoms with E-state index >= 15 is 0 Å². The van der Waals surface area contributed by atoms with Gasteiger partial charge in [0.15, 0.2) is 0 Å². The number of hydrogen-bond donors (Lipinski definition) is 0. The third-order valence-corrected chi connectivity index (χ3v) is 7.87. The van der Waals surface area contributed by atoms with Crippen LogP contribution in [0.25, 0.3) is 0 Å². The molecule has 0 aromatic carbocycles. The fourth-order valence-corrected chi connectivity index (χ4v) is 6.85. The van der Waals surface area contributed by atoms with E-state index in [-0.39, 0.29) is 21.1 Å². The molecule has 1 heteroatoms. The molecule has 0 bridgehead atoms. The Kier molecular flexibility index (Phi) is 2.72. The van der Waals surface area contributed by atoms with Gasteiger partial charge >= 0.3 is 79.0 Å². The molecule has 0 fully saturated rings. The molecule has 0 spiro atoms. The second kappa shape index (κ2) is 3.79. The van der Waals surface area contributed by atoms with E-state index in [0.717, 1.165) is 7.87 Å². The van der Waals surface area contributed by atoms with Gasteiger partial charge in [0.1, 0.15) is 0 Å². The molecule has 0 N–H and O–H groups in total. The first-order chi connectivity index (χ1) is 5.45. The fourth-order valence-electron chi connectivity index (χ4n) is 1.84. The van der Waals surface area contributed by atoms with Crippen LogP contribution in [0.5, 0.6) is 0 Å². The maximum absolute atomic E-state index is 2.38. The van der Waals surface area contributed by atoms with Gasteiger partial charge in [0, 0.05) is 0 Å². The zero-order chi connectivity index (χ0) is 7.52. The number of allylic oxidation sites excluding steroid dienone is 4. The van der Waals surface area contributed by atoms with E-state index in [1.54, 1.807) is 0 Å². The Bertz CT molecular complexity index is 145. The van der Waals surface area contributed by atoms with E-state index in [4.69, 9.17) is 0 Å². The van der Waals surface area contributed by atoms with E-state index in [1.165, 1.54) is 25.7 Å². The van der Waals surface area contributed by atoms with Crippen molar-refractivity contribution < 1.29 is 0 Å². The third-order valence-electron chi connectivity index (χ3n) is 2.49. The average molecular weight is 253 g/mol. The molecule has 2 aliphatic carbocycles. The molecule has 2 aliphatic rings. The molecular weight excluding hydrogens is 239 g/mol. The van der Waals surface area contributed by atoms with E-state index in [2.05, 4.69) is 24.3 Å². The molecule has 0 saturated carbocycles. The Labute approximate surface area is 79.0 Å². The van der Waals surface area contributed by atoms with Crippen molar-refractivity contribution >= 4 is 21.1 Å². The van der Waals surface area contributed by atoms with Crippen LogP contribution >= 0.6 is 0 Å². The predicted octanol–water partition coefficient (Wildman–Crippen LogP) is 2.97. The first-order valence-corrected chi connectivity index (χ1v) is 7.81. The van der Waals surface area contributed by atoms with Gasteiger partial charge in [0.2, 0.25) is 0 Å². The van der Waals surface area contributed by atoms with Crippen LogP contribution in [-0.4, -0.2) is 21.1 Å². The molecule has 0 heterocycles. The molecule has 2 rings (SSSR count). The van der Waals surface area contributed by atoms with Crippen molar-refractivity contribution in [3.05, 3.63) is 24.3 Å². The zero-order valence-corrected chi connectivity index (χ0v) is 9.65. The summed E-state index contributed by atoms with van der Waals surface area (Å²) in [6, 6.07) is 0. The second-order valence-electron chi connectivity index (χ2n) is 3.45. The Morgan fingerprint density at radius 3 is 1.45 bits per heavy atom. The van der Waals surface area contributed by atoms with Gasteiger partial charge in [-0.25, -0.2) is 0 Å². The summed E-state index contributed by atoms with van der Waals surface area (Å²) in [6.45, 7) is 0. The van der Waals surface area contributed by atoms with Crippen molar-refractivity contribution in [2.75, 3.05) is 0 Å². The van der Waals surface area contributed by atoms with Gasteiger partial charge in [-0.3, -0.25) is 0 Å². The molecule has 56 valence electrons. The minimum atomic E-state index is -0.0339. The Balaban J connectivity index is 1.73. The predicted molar refractivity (Wildman–Crippen MR) is 50.0 cm³/mol. The van der Waals surface area contributed by atoms with E-state index in [1.807, 2.05) is 0 Å². The van der Waals surface area contributed by atoms with Crippen molar-refractivity contribution in [3.8, 4) is 0 Å². The molecule has 0 aliphatic heterocycles. The van der Waals surface area contributed by atoms with Crippen LogP contribution in [-0.2, 0) is 0 Å². The Morgan fingerprint density at radius 2 is 1.09 bits per heavy atom. The molecular formula is C10H14Sn+2.